The van der Waals surface area contributed by atoms with E-state index in [1.807, 2.05) is 42.5 Å². The highest BCUT2D eigenvalue weighted by Gasteiger charge is 2.38. The van der Waals surface area contributed by atoms with Crippen LogP contribution in [0.4, 0.5) is 0 Å². The van der Waals surface area contributed by atoms with Crippen LogP contribution in [0.1, 0.15) is 47.9 Å². The summed E-state index contributed by atoms with van der Waals surface area (Å²) in [6.07, 6.45) is 5.88. The van der Waals surface area contributed by atoms with Gasteiger partial charge in [0.1, 0.15) is 28.3 Å². The summed E-state index contributed by atoms with van der Waals surface area (Å²) in [4.78, 5) is 20.5. The minimum absolute atomic E-state index is 0.0408. The molecule has 1 saturated heterocycles. The molecule has 8 heteroatoms. The number of aromatic nitrogens is 1. The van der Waals surface area contributed by atoms with E-state index in [-0.39, 0.29) is 18.0 Å². The van der Waals surface area contributed by atoms with Crippen LogP contribution in [0.2, 0.25) is 0 Å². The molecule has 0 unspecified atom stereocenters. The minimum Gasteiger partial charge on any atom is -0.467 e. The predicted octanol–water partition coefficient (Wildman–Crippen LogP) is 5.00. The molecule has 32 heavy (non-hydrogen) atoms. The topological polar surface area (TPSA) is 75.1 Å². The number of nitrogens with zero attached hydrogens (tertiary/aromatic N) is 4. The van der Waals surface area contributed by atoms with Gasteiger partial charge in [0.15, 0.2) is 0 Å². The Labute approximate surface area is 188 Å². The molecule has 162 valence electrons. The van der Waals surface area contributed by atoms with E-state index in [2.05, 4.69) is 16.1 Å². The number of rotatable bonds is 5. The Balaban J connectivity index is 1.25. The zero-order valence-electron chi connectivity index (χ0n) is 17.4. The molecule has 0 aliphatic carbocycles. The van der Waals surface area contributed by atoms with E-state index in [1.54, 1.807) is 28.9 Å². The molecule has 2 aliphatic heterocycles. The van der Waals surface area contributed by atoms with Crippen LogP contribution in [0.15, 0.2) is 75.0 Å². The Hall–Kier alpha value is -3.23. The van der Waals surface area contributed by atoms with Gasteiger partial charge in [0, 0.05) is 6.42 Å². The van der Waals surface area contributed by atoms with Crippen molar-refractivity contribution in [3.8, 4) is 0 Å². The van der Waals surface area contributed by atoms with Crippen molar-refractivity contribution in [2.75, 3.05) is 13.1 Å². The number of thiazole rings is 1. The molecule has 3 aromatic heterocycles. The van der Waals surface area contributed by atoms with Gasteiger partial charge in [0.2, 0.25) is 0 Å². The van der Waals surface area contributed by atoms with Gasteiger partial charge in [-0.25, -0.2) is 9.99 Å². The fraction of sp³-hybridized carbons (Fsp3) is 0.292. The molecule has 2 aliphatic rings. The van der Waals surface area contributed by atoms with Gasteiger partial charge in [0.05, 0.1) is 35.3 Å². The fourth-order valence-corrected chi connectivity index (χ4v) is 5.75. The van der Waals surface area contributed by atoms with Crippen molar-refractivity contribution in [1.82, 2.24) is 14.9 Å². The third-order valence-corrected chi connectivity index (χ3v) is 7.28. The number of fused-ring (bicyclic) bond motifs is 1. The summed E-state index contributed by atoms with van der Waals surface area (Å²) in [5.41, 5.74) is 1.78. The van der Waals surface area contributed by atoms with E-state index in [4.69, 9.17) is 13.8 Å². The van der Waals surface area contributed by atoms with Crippen molar-refractivity contribution in [2.45, 2.75) is 31.3 Å². The third-order valence-electron chi connectivity index (χ3n) is 6.14. The Morgan fingerprint density at radius 3 is 2.75 bits per heavy atom. The van der Waals surface area contributed by atoms with Crippen molar-refractivity contribution in [3.05, 3.63) is 77.6 Å². The summed E-state index contributed by atoms with van der Waals surface area (Å²) in [7, 11) is 0. The normalized spacial score (nSPS) is 21.5. The fourth-order valence-electron chi connectivity index (χ4n) is 4.61. The second-order valence-electron chi connectivity index (χ2n) is 8.15. The highest BCUT2D eigenvalue weighted by molar-refractivity contribution is 7.18. The van der Waals surface area contributed by atoms with Crippen LogP contribution in [0, 0.1) is 0 Å². The number of carbonyl (C=O) groups is 1. The number of furan rings is 2. The van der Waals surface area contributed by atoms with Crippen molar-refractivity contribution in [3.63, 3.8) is 0 Å². The number of hydrogen-bond acceptors (Lipinski definition) is 7. The highest BCUT2D eigenvalue weighted by atomic mass is 32.1. The molecule has 1 amide bonds. The minimum atomic E-state index is -0.263. The first-order chi connectivity index (χ1) is 15.8. The average molecular weight is 447 g/mol. The Morgan fingerprint density at radius 2 is 1.94 bits per heavy atom. The predicted molar refractivity (Wildman–Crippen MR) is 121 cm³/mol. The molecule has 1 fully saturated rings. The number of amides is 1. The number of para-hydroxylation sites is 1. The van der Waals surface area contributed by atoms with Gasteiger partial charge in [0.25, 0.3) is 5.91 Å². The zero-order valence-corrected chi connectivity index (χ0v) is 18.2. The number of benzene rings is 1. The average Bonchev–Trinajstić information content (AvgIpc) is 3.61. The lowest BCUT2D eigenvalue weighted by Crippen LogP contribution is -2.38. The summed E-state index contributed by atoms with van der Waals surface area (Å²) in [6, 6.07) is 15.5. The monoisotopic (exact) mass is 446 g/mol. The van der Waals surface area contributed by atoms with E-state index in [0.717, 1.165) is 41.4 Å². The summed E-state index contributed by atoms with van der Waals surface area (Å²) < 4.78 is 12.4. The van der Waals surface area contributed by atoms with E-state index >= 15 is 0 Å². The van der Waals surface area contributed by atoms with Gasteiger partial charge in [-0.2, -0.15) is 5.10 Å². The molecule has 4 aromatic rings. The van der Waals surface area contributed by atoms with Crippen LogP contribution in [0.3, 0.4) is 0 Å². The molecular weight excluding hydrogens is 424 g/mol. The smallest absolute Gasteiger partial charge is 0.257 e. The first-order valence-electron chi connectivity index (χ1n) is 10.8. The van der Waals surface area contributed by atoms with Gasteiger partial charge in [-0.3, -0.25) is 9.69 Å². The molecule has 6 rings (SSSR count). The number of hydrogen-bond donors (Lipinski definition) is 0. The maximum Gasteiger partial charge on any atom is 0.257 e. The van der Waals surface area contributed by atoms with Gasteiger partial charge in [-0.1, -0.05) is 12.1 Å². The first kappa shape index (κ1) is 19.5. The molecule has 0 saturated carbocycles. The van der Waals surface area contributed by atoms with Crippen LogP contribution in [0.25, 0.3) is 10.2 Å². The second-order valence-corrected chi connectivity index (χ2v) is 9.21. The summed E-state index contributed by atoms with van der Waals surface area (Å²) in [6.45, 7) is 1.17. The van der Waals surface area contributed by atoms with E-state index in [0.29, 0.717) is 18.7 Å². The van der Waals surface area contributed by atoms with Crippen LogP contribution in [0.5, 0.6) is 0 Å². The lowest BCUT2D eigenvalue weighted by Gasteiger charge is -2.26. The van der Waals surface area contributed by atoms with Crippen molar-refractivity contribution >= 4 is 33.2 Å². The molecule has 7 nitrogen and oxygen atoms in total. The SMILES string of the molecule is O=C(CN1CCC[C@H]1c1nc2ccccc2s1)N1N=C(c2ccco2)C[C@H]1c1ccco1. The zero-order chi connectivity index (χ0) is 21.5. The van der Waals surface area contributed by atoms with Crippen LogP contribution in [-0.4, -0.2) is 39.6 Å². The maximum absolute atomic E-state index is 13.5. The Bertz CT molecular complexity index is 1230. The first-order valence-corrected chi connectivity index (χ1v) is 11.6. The molecule has 1 aromatic carbocycles. The van der Waals surface area contributed by atoms with Gasteiger partial charge >= 0.3 is 0 Å². The van der Waals surface area contributed by atoms with E-state index < -0.39 is 0 Å². The molecule has 0 N–H and O–H groups in total. The highest BCUT2D eigenvalue weighted by Crippen LogP contribution is 2.38. The molecule has 0 radical (unpaired) electrons. The van der Waals surface area contributed by atoms with Crippen molar-refractivity contribution in [1.29, 1.82) is 0 Å². The van der Waals surface area contributed by atoms with Gasteiger partial charge in [-0.05, 0) is 55.8 Å². The summed E-state index contributed by atoms with van der Waals surface area (Å²) in [5, 5.41) is 7.31. The number of hydrazone groups is 1. The summed E-state index contributed by atoms with van der Waals surface area (Å²) >= 11 is 1.72. The van der Waals surface area contributed by atoms with Crippen LogP contribution in [-0.2, 0) is 4.79 Å². The van der Waals surface area contributed by atoms with Crippen molar-refractivity contribution in [2.24, 2.45) is 5.10 Å². The third kappa shape index (κ3) is 3.45. The molecule has 5 heterocycles. The van der Waals surface area contributed by atoms with Crippen LogP contribution >= 0.6 is 11.3 Å². The standard InChI is InChI=1S/C24H22N4O3S/c29-23(15-27-11-3-7-18(27)24-25-16-6-1-2-10-22(16)32-24)28-19(21-9-5-13-31-21)14-17(26-28)20-8-4-12-30-20/h1-2,4-6,8-10,12-13,18-19H,3,7,11,14-15H2/t18-,19-/m0/s1. The Kier molecular flexibility index (Phi) is 4.88. The molecular formula is C24H22N4O3S. The van der Waals surface area contributed by atoms with Gasteiger partial charge < -0.3 is 8.83 Å². The second kappa shape index (κ2) is 8.03. The number of likely N-dealkylation sites (tertiary alicyclic amines) is 1. The van der Waals surface area contributed by atoms with Crippen molar-refractivity contribution < 1.29 is 13.6 Å². The lowest BCUT2D eigenvalue weighted by molar-refractivity contribution is -0.134. The van der Waals surface area contributed by atoms with E-state index in [9.17, 15) is 4.79 Å². The molecule has 2 atom stereocenters. The van der Waals surface area contributed by atoms with E-state index in [1.165, 1.54) is 4.70 Å². The molecule has 0 bridgehead atoms. The Morgan fingerprint density at radius 1 is 1.06 bits per heavy atom. The maximum atomic E-state index is 13.5. The molecule has 0 spiro atoms. The quantitative estimate of drug-likeness (QED) is 0.431. The van der Waals surface area contributed by atoms with Gasteiger partial charge in [-0.15, -0.1) is 11.3 Å². The lowest BCUT2D eigenvalue weighted by atomic mass is 10.1. The number of carbonyl (C=O) groups excluding carboxylic acids is 1. The largest absolute Gasteiger partial charge is 0.467 e. The van der Waals surface area contributed by atoms with Crippen LogP contribution < -0.4 is 0 Å². The summed E-state index contributed by atoms with van der Waals surface area (Å²) in [5.74, 6) is 1.37.